The van der Waals surface area contributed by atoms with Gasteiger partial charge in [0.15, 0.2) is 0 Å². The molecule has 0 amide bonds. The minimum atomic E-state index is -1.06. The van der Waals surface area contributed by atoms with Gasteiger partial charge in [0.05, 0.1) is 15.4 Å². The third-order valence-corrected chi connectivity index (χ3v) is 4.38. The van der Waals surface area contributed by atoms with Gasteiger partial charge >= 0.3 is 5.97 Å². The fourth-order valence-corrected chi connectivity index (χ4v) is 3.46. The molecule has 6 heteroatoms. The Morgan fingerprint density at radius 3 is 2.61 bits per heavy atom. The van der Waals surface area contributed by atoms with E-state index >= 15 is 0 Å². The van der Waals surface area contributed by atoms with E-state index < -0.39 is 10.9 Å². The first-order valence-electron chi connectivity index (χ1n) is 5.76. The first kappa shape index (κ1) is 12.9. The van der Waals surface area contributed by atoms with Crippen LogP contribution in [0.5, 0.6) is 0 Å². The highest BCUT2D eigenvalue weighted by atomic mass is 32.2. The first-order valence-corrected chi connectivity index (χ1v) is 6.64. The van der Waals surface area contributed by atoms with Crippen molar-refractivity contribution in [1.82, 2.24) is 0 Å². The van der Waals surface area contributed by atoms with Crippen LogP contribution < -0.4 is 0 Å². The standard InChI is InChI=1S/C12H13NO4S/c14-12(15)8-5-6-10(13(16)17)11(7-8)18-9-3-1-2-4-9/h5-7,9H,1-4H2,(H,14,15). The summed E-state index contributed by atoms with van der Waals surface area (Å²) in [5.41, 5.74) is 0.0954. The fraction of sp³-hybridized carbons (Fsp3) is 0.417. The van der Waals surface area contributed by atoms with Crippen molar-refractivity contribution in [2.75, 3.05) is 0 Å². The van der Waals surface area contributed by atoms with Crippen LogP contribution in [0.4, 0.5) is 5.69 Å². The number of benzene rings is 1. The molecule has 0 aliphatic heterocycles. The maximum Gasteiger partial charge on any atom is 0.335 e. The van der Waals surface area contributed by atoms with Crippen molar-refractivity contribution in [3.8, 4) is 0 Å². The first-order chi connectivity index (χ1) is 8.58. The van der Waals surface area contributed by atoms with Crippen molar-refractivity contribution in [3.63, 3.8) is 0 Å². The van der Waals surface area contributed by atoms with Crippen LogP contribution >= 0.6 is 11.8 Å². The van der Waals surface area contributed by atoms with E-state index in [1.54, 1.807) is 0 Å². The quantitative estimate of drug-likeness (QED) is 0.668. The van der Waals surface area contributed by atoms with E-state index in [9.17, 15) is 14.9 Å². The van der Waals surface area contributed by atoms with Gasteiger partial charge < -0.3 is 5.11 Å². The second-order valence-electron chi connectivity index (χ2n) is 4.27. The number of carbonyl (C=O) groups is 1. The molecular formula is C12H13NO4S. The molecule has 0 spiro atoms. The minimum absolute atomic E-state index is 0.00287. The van der Waals surface area contributed by atoms with Gasteiger partial charge in [-0.05, 0) is 25.0 Å². The predicted molar refractivity (Wildman–Crippen MR) is 68.2 cm³/mol. The molecule has 0 atom stereocenters. The molecule has 0 saturated heterocycles. The molecule has 5 nitrogen and oxygen atoms in total. The molecule has 0 radical (unpaired) electrons. The van der Waals surface area contributed by atoms with Gasteiger partial charge in [0.25, 0.3) is 5.69 Å². The van der Waals surface area contributed by atoms with Crippen molar-refractivity contribution in [2.24, 2.45) is 0 Å². The molecule has 2 rings (SSSR count). The van der Waals surface area contributed by atoms with E-state index in [-0.39, 0.29) is 11.3 Å². The molecule has 1 aromatic rings. The number of carboxylic acids is 1. The Morgan fingerprint density at radius 1 is 1.39 bits per heavy atom. The Morgan fingerprint density at radius 2 is 2.06 bits per heavy atom. The Kier molecular flexibility index (Phi) is 3.86. The highest BCUT2D eigenvalue weighted by Gasteiger charge is 2.22. The van der Waals surface area contributed by atoms with Gasteiger partial charge in [-0.15, -0.1) is 11.8 Å². The molecule has 96 valence electrons. The lowest BCUT2D eigenvalue weighted by Gasteiger charge is -2.09. The SMILES string of the molecule is O=C(O)c1ccc([N+](=O)[O-])c(SC2CCCC2)c1. The van der Waals surface area contributed by atoms with Gasteiger partial charge in [-0.2, -0.15) is 0 Å². The maximum absolute atomic E-state index is 10.9. The van der Waals surface area contributed by atoms with Crippen LogP contribution in [0.15, 0.2) is 23.1 Å². The number of thioether (sulfide) groups is 1. The van der Waals surface area contributed by atoms with E-state index in [4.69, 9.17) is 5.11 Å². The number of carboxylic acid groups (broad SMARTS) is 1. The van der Waals surface area contributed by atoms with Gasteiger partial charge in [-0.25, -0.2) is 4.79 Å². The van der Waals surface area contributed by atoms with Gasteiger partial charge in [0, 0.05) is 11.3 Å². The summed E-state index contributed by atoms with van der Waals surface area (Å²) in [7, 11) is 0. The lowest BCUT2D eigenvalue weighted by atomic mass is 10.2. The van der Waals surface area contributed by atoms with Crippen molar-refractivity contribution >= 4 is 23.4 Å². The van der Waals surface area contributed by atoms with Crippen LogP contribution in [-0.4, -0.2) is 21.2 Å². The third-order valence-electron chi connectivity index (χ3n) is 3.00. The number of nitro groups is 1. The zero-order valence-corrected chi connectivity index (χ0v) is 10.5. The summed E-state index contributed by atoms with van der Waals surface area (Å²) in [4.78, 5) is 21.8. The van der Waals surface area contributed by atoms with Crippen LogP contribution in [0.3, 0.4) is 0 Å². The summed E-state index contributed by atoms with van der Waals surface area (Å²) in [5.74, 6) is -1.06. The zero-order chi connectivity index (χ0) is 13.1. The van der Waals surface area contributed by atoms with Crippen molar-refractivity contribution < 1.29 is 14.8 Å². The summed E-state index contributed by atoms with van der Waals surface area (Å²) < 4.78 is 0. The minimum Gasteiger partial charge on any atom is -0.478 e. The second-order valence-corrected chi connectivity index (χ2v) is 5.61. The average Bonchev–Trinajstić information content (AvgIpc) is 2.81. The molecule has 0 aromatic heterocycles. The largest absolute Gasteiger partial charge is 0.478 e. The zero-order valence-electron chi connectivity index (χ0n) is 9.67. The molecule has 1 aromatic carbocycles. The van der Waals surface area contributed by atoms with Crippen molar-refractivity contribution in [3.05, 3.63) is 33.9 Å². The molecule has 0 heterocycles. The highest BCUT2D eigenvalue weighted by Crippen LogP contribution is 2.39. The molecule has 0 unspecified atom stereocenters. The summed E-state index contributed by atoms with van der Waals surface area (Å²) in [5, 5.41) is 20.2. The van der Waals surface area contributed by atoms with Gasteiger partial charge in [0.2, 0.25) is 0 Å². The summed E-state index contributed by atoms with van der Waals surface area (Å²) in [6, 6.07) is 3.96. The summed E-state index contributed by atoms with van der Waals surface area (Å²) in [6.07, 6.45) is 4.37. The molecule has 1 saturated carbocycles. The van der Waals surface area contributed by atoms with Crippen molar-refractivity contribution in [1.29, 1.82) is 0 Å². The Labute approximate surface area is 108 Å². The number of hydrogen-bond acceptors (Lipinski definition) is 4. The average molecular weight is 267 g/mol. The predicted octanol–water partition coefficient (Wildman–Crippen LogP) is 3.33. The number of aromatic carboxylic acids is 1. The van der Waals surface area contributed by atoms with E-state index in [1.165, 1.54) is 30.0 Å². The highest BCUT2D eigenvalue weighted by molar-refractivity contribution is 8.00. The van der Waals surface area contributed by atoms with Gasteiger partial charge in [0.1, 0.15) is 0 Å². The molecular weight excluding hydrogens is 254 g/mol. The molecule has 1 aliphatic rings. The second kappa shape index (κ2) is 5.39. The third kappa shape index (κ3) is 2.81. The number of rotatable bonds is 4. The lowest BCUT2D eigenvalue weighted by Crippen LogP contribution is -2.01. The topological polar surface area (TPSA) is 80.4 Å². The van der Waals surface area contributed by atoms with Crippen LogP contribution in [0.1, 0.15) is 36.0 Å². The number of nitro benzene ring substituents is 1. The maximum atomic E-state index is 10.9. The molecule has 1 N–H and O–H groups in total. The van der Waals surface area contributed by atoms with Crippen molar-refractivity contribution in [2.45, 2.75) is 35.8 Å². The van der Waals surface area contributed by atoms with E-state index in [0.29, 0.717) is 10.1 Å². The van der Waals surface area contributed by atoms with E-state index in [0.717, 1.165) is 25.7 Å². The molecule has 0 bridgehead atoms. The van der Waals surface area contributed by atoms with Crippen LogP contribution in [0, 0.1) is 10.1 Å². The Bertz CT molecular complexity index is 483. The lowest BCUT2D eigenvalue weighted by molar-refractivity contribution is -0.387. The monoisotopic (exact) mass is 267 g/mol. The number of nitrogens with zero attached hydrogens (tertiary/aromatic N) is 1. The summed E-state index contributed by atoms with van der Waals surface area (Å²) >= 11 is 1.43. The molecule has 18 heavy (non-hydrogen) atoms. The van der Waals surface area contributed by atoms with E-state index in [1.807, 2.05) is 0 Å². The van der Waals surface area contributed by atoms with Crippen LogP contribution in [0.2, 0.25) is 0 Å². The smallest absolute Gasteiger partial charge is 0.335 e. The molecule has 1 fully saturated rings. The van der Waals surface area contributed by atoms with E-state index in [2.05, 4.69) is 0 Å². The van der Waals surface area contributed by atoms with Gasteiger partial charge in [-0.1, -0.05) is 12.8 Å². The molecule has 1 aliphatic carbocycles. The Hall–Kier alpha value is -1.56. The fourth-order valence-electron chi connectivity index (χ4n) is 2.08. The van der Waals surface area contributed by atoms with Crippen LogP contribution in [0.25, 0.3) is 0 Å². The van der Waals surface area contributed by atoms with Gasteiger partial charge in [-0.3, -0.25) is 10.1 Å². The number of hydrogen-bond donors (Lipinski definition) is 1. The van der Waals surface area contributed by atoms with Crippen LogP contribution in [-0.2, 0) is 0 Å². The normalized spacial score (nSPS) is 15.8. The summed E-state index contributed by atoms with van der Waals surface area (Å²) in [6.45, 7) is 0. The Balaban J connectivity index is 2.30.